The topological polar surface area (TPSA) is 102 Å². The minimum Gasteiger partial charge on any atom is -0.464 e. The summed E-state index contributed by atoms with van der Waals surface area (Å²) in [6.07, 6.45) is 0.997. The number of nitrogens with one attached hydrogen (secondary N) is 2. The number of halogens is 1. The van der Waals surface area contributed by atoms with Gasteiger partial charge in [0.15, 0.2) is 5.69 Å². The molecule has 2 amide bonds. The zero-order valence-corrected chi connectivity index (χ0v) is 15.9. The molecule has 0 saturated heterocycles. The number of ether oxygens (including phenoxy) is 1. The van der Waals surface area contributed by atoms with E-state index in [1.165, 1.54) is 30.0 Å². The number of carbonyl (C=O) groups excluding carboxylic acids is 3. The average molecular weight is 408 g/mol. The summed E-state index contributed by atoms with van der Waals surface area (Å²) >= 11 is 0. The van der Waals surface area contributed by atoms with Gasteiger partial charge in [-0.25, -0.2) is 13.9 Å². The molecule has 1 aromatic heterocycles. The Kier molecular flexibility index (Phi) is 6.02. The molecule has 0 bridgehead atoms. The maximum Gasteiger partial charge on any atom is 0.358 e. The number of anilines is 2. The summed E-state index contributed by atoms with van der Waals surface area (Å²) in [4.78, 5) is 36.2. The molecule has 152 valence electrons. The number of nitrogens with zero attached hydrogens (tertiary/aromatic N) is 2. The Bertz CT molecular complexity index is 1130. The highest BCUT2D eigenvalue weighted by atomic mass is 19.1. The maximum absolute atomic E-state index is 13.9. The van der Waals surface area contributed by atoms with Gasteiger partial charge in [-0.2, -0.15) is 5.10 Å². The Morgan fingerprint density at radius 3 is 2.50 bits per heavy atom. The van der Waals surface area contributed by atoms with Gasteiger partial charge < -0.3 is 15.4 Å². The normalized spacial score (nSPS) is 10.2. The van der Waals surface area contributed by atoms with Crippen LogP contribution >= 0.6 is 0 Å². The van der Waals surface area contributed by atoms with E-state index in [-0.39, 0.29) is 22.8 Å². The second-order valence-corrected chi connectivity index (χ2v) is 6.00. The molecule has 30 heavy (non-hydrogen) atoms. The van der Waals surface area contributed by atoms with Crippen molar-refractivity contribution in [3.05, 3.63) is 84.5 Å². The van der Waals surface area contributed by atoms with E-state index in [0.29, 0.717) is 5.69 Å². The molecule has 0 aliphatic heterocycles. The number of hydrogen-bond donors (Lipinski definition) is 2. The van der Waals surface area contributed by atoms with E-state index in [2.05, 4.69) is 27.0 Å². The summed E-state index contributed by atoms with van der Waals surface area (Å²) in [6, 6.07) is 13.7. The van der Waals surface area contributed by atoms with E-state index in [1.807, 2.05) is 0 Å². The van der Waals surface area contributed by atoms with Gasteiger partial charge in [0.05, 0.1) is 18.5 Å². The summed E-state index contributed by atoms with van der Waals surface area (Å²) < 4.78 is 19.9. The van der Waals surface area contributed by atoms with Crippen LogP contribution in [0.3, 0.4) is 0 Å². The van der Waals surface area contributed by atoms with Crippen molar-refractivity contribution in [1.29, 1.82) is 0 Å². The molecule has 0 fully saturated rings. The first-order valence-electron chi connectivity index (χ1n) is 8.71. The monoisotopic (exact) mass is 408 g/mol. The Balaban J connectivity index is 1.94. The minimum atomic E-state index is -0.699. The summed E-state index contributed by atoms with van der Waals surface area (Å²) in [6.45, 7) is 3.31. The number of para-hydroxylation sites is 1. The van der Waals surface area contributed by atoms with Crippen LogP contribution in [0.1, 0.15) is 21.0 Å². The van der Waals surface area contributed by atoms with Crippen LogP contribution in [0, 0.1) is 5.82 Å². The summed E-state index contributed by atoms with van der Waals surface area (Å²) in [5.41, 5.74) is 0.661. The van der Waals surface area contributed by atoms with Gasteiger partial charge in [-0.05, 0) is 36.4 Å². The van der Waals surface area contributed by atoms with E-state index in [9.17, 15) is 18.8 Å². The molecule has 0 saturated carbocycles. The highest BCUT2D eigenvalue weighted by Gasteiger charge is 2.21. The van der Waals surface area contributed by atoms with Gasteiger partial charge in [-0.1, -0.05) is 24.8 Å². The second-order valence-electron chi connectivity index (χ2n) is 6.00. The predicted octanol–water partition coefficient (Wildman–Crippen LogP) is 3.17. The van der Waals surface area contributed by atoms with E-state index in [4.69, 9.17) is 0 Å². The van der Waals surface area contributed by atoms with Crippen LogP contribution in [-0.2, 0) is 9.53 Å². The number of hydrogen-bond acceptors (Lipinski definition) is 5. The number of carbonyl (C=O) groups is 3. The number of rotatable bonds is 6. The van der Waals surface area contributed by atoms with Crippen molar-refractivity contribution in [3.8, 4) is 5.69 Å². The second kappa shape index (κ2) is 8.82. The average Bonchev–Trinajstić information content (AvgIpc) is 3.21. The molecule has 0 unspecified atom stereocenters. The summed E-state index contributed by atoms with van der Waals surface area (Å²) in [5.74, 6) is -2.57. The fourth-order valence-corrected chi connectivity index (χ4v) is 2.59. The number of amides is 2. The molecule has 0 radical (unpaired) electrons. The highest BCUT2D eigenvalue weighted by Crippen LogP contribution is 2.21. The van der Waals surface area contributed by atoms with Crippen molar-refractivity contribution in [2.75, 3.05) is 17.7 Å². The smallest absolute Gasteiger partial charge is 0.358 e. The van der Waals surface area contributed by atoms with Gasteiger partial charge in [0, 0.05) is 11.8 Å². The van der Waals surface area contributed by atoms with Crippen molar-refractivity contribution in [1.82, 2.24) is 9.78 Å². The van der Waals surface area contributed by atoms with Gasteiger partial charge >= 0.3 is 5.97 Å². The number of aromatic nitrogens is 2. The van der Waals surface area contributed by atoms with Crippen LogP contribution in [0.2, 0.25) is 0 Å². The fraction of sp³-hybridized carbons (Fsp3) is 0.0476. The molecule has 8 nitrogen and oxygen atoms in total. The lowest BCUT2D eigenvalue weighted by Crippen LogP contribution is -2.17. The molecule has 0 spiro atoms. The quantitative estimate of drug-likeness (QED) is 0.482. The third-order valence-electron chi connectivity index (χ3n) is 4.00. The zero-order chi connectivity index (χ0) is 21.7. The van der Waals surface area contributed by atoms with Crippen LogP contribution in [0.5, 0.6) is 0 Å². The molecule has 2 aromatic carbocycles. The van der Waals surface area contributed by atoms with Crippen molar-refractivity contribution < 1.29 is 23.5 Å². The lowest BCUT2D eigenvalue weighted by molar-refractivity contribution is -0.111. The summed E-state index contributed by atoms with van der Waals surface area (Å²) in [7, 11) is 1.21. The van der Waals surface area contributed by atoms with Gasteiger partial charge in [0.2, 0.25) is 5.91 Å². The Morgan fingerprint density at radius 2 is 1.83 bits per heavy atom. The molecule has 1 heterocycles. The van der Waals surface area contributed by atoms with Gasteiger partial charge in [0.1, 0.15) is 11.5 Å². The minimum absolute atomic E-state index is 0.0513. The molecule has 9 heteroatoms. The third kappa shape index (κ3) is 4.41. The molecule has 0 atom stereocenters. The molecule has 0 aliphatic rings. The van der Waals surface area contributed by atoms with Crippen molar-refractivity contribution >= 4 is 29.2 Å². The SMILES string of the molecule is C=CC(=O)Nc1cc(NC(=O)c2cc(C(=O)OC)nn2-c2ccccc2)ccc1F. The standard InChI is InChI=1S/C21H17FN4O4/c1-3-19(27)24-16-11-13(9-10-15(16)22)23-20(28)18-12-17(21(29)30-2)25-26(18)14-7-5-4-6-8-14/h3-12H,1H2,2H3,(H,23,28)(H,24,27). The molecule has 3 aromatic rings. The first kappa shape index (κ1) is 20.5. The number of esters is 1. The van der Waals surface area contributed by atoms with Crippen molar-refractivity contribution in [3.63, 3.8) is 0 Å². The van der Waals surface area contributed by atoms with E-state index in [1.54, 1.807) is 30.3 Å². The lowest BCUT2D eigenvalue weighted by atomic mass is 10.2. The number of benzene rings is 2. The lowest BCUT2D eigenvalue weighted by Gasteiger charge is -2.10. The Morgan fingerprint density at radius 1 is 1.10 bits per heavy atom. The van der Waals surface area contributed by atoms with E-state index in [0.717, 1.165) is 12.1 Å². The third-order valence-corrected chi connectivity index (χ3v) is 4.00. The Hall–Kier alpha value is -4.27. The number of methoxy groups -OCH3 is 1. The van der Waals surface area contributed by atoms with Crippen LogP contribution in [-0.4, -0.2) is 34.7 Å². The van der Waals surface area contributed by atoms with Crippen LogP contribution in [0.15, 0.2) is 67.3 Å². The van der Waals surface area contributed by atoms with Crippen LogP contribution in [0.4, 0.5) is 15.8 Å². The predicted molar refractivity (Wildman–Crippen MR) is 108 cm³/mol. The van der Waals surface area contributed by atoms with E-state index < -0.39 is 23.6 Å². The van der Waals surface area contributed by atoms with Crippen LogP contribution < -0.4 is 10.6 Å². The molecule has 2 N–H and O–H groups in total. The molecule has 3 rings (SSSR count). The molecular weight excluding hydrogens is 391 g/mol. The largest absolute Gasteiger partial charge is 0.464 e. The Labute approximate surface area is 171 Å². The van der Waals surface area contributed by atoms with Crippen molar-refractivity contribution in [2.24, 2.45) is 0 Å². The van der Waals surface area contributed by atoms with E-state index >= 15 is 0 Å². The molecule has 0 aliphatic carbocycles. The molecular formula is C21H17FN4O4. The zero-order valence-electron chi connectivity index (χ0n) is 15.9. The van der Waals surface area contributed by atoms with Crippen LogP contribution in [0.25, 0.3) is 5.69 Å². The first-order valence-corrected chi connectivity index (χ1v) is 8.71. The first-order chi connectivity index (χ1) is 14.4. The fourth-order valence-electron chi connectivity index (χ4n) is 2.59. The summed E-state index contributed by atoms with van der Waals surface area (Å²) in [5, 5.41) is 9.07. The van der Waals surface area contributed by atoms with Crippen molar-refractivity contribution in [2.45, 2.75) is 0 Å². The highest BCUT2D eigenvalue weighted by molar-refractivity contribution is 6.05. The van der Waals surface area contributed by atoms with Gasteiger partial charge in [-0.15, -0.1) is 0 Å². The van der Waals surface area contributed by atoms with Gasteiger partial charge in [-0.3, -0.25) is 9.59 Å². The maximum atomic E-state index is 13.9. The van der Waals surface area contributed by atoms with Gasteiger partial charge in [0.25, 0.3) is 5.91 Å².